The summed E-state index contributed by atoms with van der Waals surface area (Å²) < 4.78 is 13.6. The number of nitrogens with zero attached hydrogens (tertiary/aromatic N) is 1. The van der Waals surface area contributed by atoms with Crippen LogP contribution in [0.5, 0.6) is 0 Å². The number of halogens is 2. The molecule has 0 saturated heterocycles. The number of benzene rings is 3. The molecule has 146 valence electrons. The molecule has 0 aliphatic carbocycles. The van der Waals surface area contributed by atoms with E-state index < -0.39 is 11.7 Å². The Balaban J connectivity index is 1.63. The van der Waals surface area contributed by atoms with Crippen molar-refractivity contribution in [3.8, 4) is 0 Å². The first-order valence-corrected chi connectivity index (χ1v) is 9.08. The third-order valence-electron chi connectivity index (χ3n) is 4.11. The minimum Gasteiger partial charge on any atom is -0.322 e. The van der Waals surface area contributed by atoms with Gasteiger partial charge in [0.15, 0.2) is 0 Å². The van der Waals surface area contributed by atoms with E-state index in [0.717, 1.165) is 5.56 Å². The van der Waals surface area contributed by atoms with Gasteiger partial charge < -0.3 is 5.32 Å². The average Bonchev–Trinajstić information content (AvgIpc) is 2.73. The molecule has 29 heavy (non-hydrogen) atoms. The van der Waals surface area contributed by atoms with Crippen LogP contribution in [0.3, 0.4) is 0 Å². The summed E-state index contributed by atoms with van der Waals surface area (Å²) in [7, 11) is 0. The van der Waals surface area contributed by atoms with E-state index in [0.29, 0.717) is 22.0 Å². The number of anilines is 1. The van der Waals surface area contributed by atoms with Crippen LogP contribution in [0, 0.1) is 5.82 Å². The van der Waals surface area contributed by atoms with Crippen molar-refractivity contribution in [3.05, 3.63) is 100 Å². The van der Waals surface area contributed by atoms with Gasteiger partial charge in [0.25, 0.3) is 11.8 Å². The van der Waals surface area contributed by atoms with Gasteiger partial charge in [-0.15, -0.1) is 0 Å². The van der Waals surface area contributed by atoms with E-state index in [1.165, 1.54) is 18.2 Å². The number of amides is 2. The second kappa shape index (κ2) is 9.12. The van der Waals surface area contributed by atoms with Crippen molar-refractivity contribution in [2.45, 2.75) is 6.92 Å². The van der Waals surface area contributed by atoms with Gasteiger partial charge in [-0.2, -0.15) is 5.10 Å². The zero-order valence-electron chi connectivity index (χ0n) is 15.4. The highest BCUT2D eigenvalue weighted by molar-refractivity contribution is 6.30. The number of hydrazone groups is 1. The van der Waals surface area contributed by atoms with Gasteiger partial charge >= 0.3 is 0 Å². The SMILES string of the molecule is C/C(=N\NC(=O)c1ccccc1F)c1ccc(NC(=O)c2ccc(Cl)cc2)cc1. The molecule has 0 heterocycles. The van der Waals surface area contributed by atoms with Crippen LogP contribution in [0.1, 0.15) is 33.2 Å². The molecule has 0 spiro atoms. The van der Waals surface area contributed by atoms with Crippen molar-refractivity contribution in [1.29, 1.82) is 0 Å². The highest BCUT2D eigenvalue weighted by Crippen LogP contribution is 2.14. The molecule has 5 nitrogen and oxygen atoms in total. The first-order valence-electron chi connectivity index (χ1n) is 8.70. The summed E-state index contributed by atoms with van der Waals surface area (Å²) in [6.45, 7) is 1.71. The topological polar surface area (TPSA) is 70.6 Å². The maximum Gasteiger partial charge on any atom is 0.274 e. The first kappa shape index (κ1) is 20.2. The molecule has 7 heteroatoms. The van der Waals surface area contributed by atoms with Gasteiger partial charge in [0, 0.05) is 16.3 Å². The lowest BCUT2D eigenvalue weighted by atomic mass is 10.1. The van der Waals surface area contributed by atoms with Crippen LogP contribution in [0.15, 0.2) is 77.9 Å². The van der Waals surface area contributed by atoms with E-state index in [-0.39, 0.29) is 11.5 Å². The van der Waals surface area contributed by atoms with Crippen molar-refractivity contribution in [2.75, 3.05) is 5.32 Å². The zero-order chi connectivity index (χ0) is 20.8. The number of hydrogen-bond donors (Lipinski definition) is 2. The largest absolute Gasteiger partial charge is 0.322 e. The van der Waals surface area contributed by atoms with Gasteiger partial charge in [-0.05, 0) is 61.0 Å². The van der Waals surface area contributed by atoms with Crippen LogP contribution in [0.4, 0.5) is 10.1 Å². The van der Waals surface area contributed by atoms with Crippen LogP contribution >= 0.6 is 11.6 Å². The Bertz CT molecular complexity index is 1060. The molecule has 2 N–H and O–H groups in total. The molecule has 0 aliphatic rings. The molecule has 0 bridgehead atoms. The molecule has 0 radical (unpaired) electrons. The Labute approximate surface area is 172 Å². The maximum atomic E-state index is 13.6. The highest BCUT2D eigenvalue weighted by Gasteiger charge is 2.10. The lowest BCUT2D eigenvalue weighted by Crippen LogP contribution is -2.20. The van der Waals surface area contributed by atoms with Crippen LogP contribution in [-0.4, -0.2) is 17.5 Å². The molecule has 0 unspecified atom stereocenters. The van der Waals surface area contributed by atoms with Crippen molar-refractivity contribution in [2.24, 2.45) is 5.10 Å². The number of nitrogens with one attached hydrogen (secondary N) is 2. The standard InChI is InChI=1S/C22H17ClFN3O2/c1-14(26-27-22(29)19-4-2-3-5-20(19)24)15-8-12-18(13-9-15)25-21(28)16-6-10-17(23)11-7-16/h2-13H,1H3,(H,25,28)(H,27,29)/b26-14+. The van der Waals surface area contributed by atoms with Crippen molar-refractivity contribution in [3.63, 3.8) is 0 Å². The van der Waals surface area contributed by atoms with Gasteiger partial charge in [0.05, 0.1) is 11.3 Å². The van der Waals surface area contributed by atoms with E-state index in [1.807, 2.05) is 0 Å². The number of carbonyl (C=O) groups excluding carboxylic acids is 2. The van der Waals surface area contributed by atoms with Crippen molar-refractivity contribution in [1.82, 2.24) is 5.43 Å². The van der Waals surface area contributed by atoms with Crippen molar-refractivity contribution >= 4 is 34.8 Å². The summed E-state index contributed by atoms with van der Waals surface area (Å²) in [5.74, 6) is -1.50. The van der Waals surface area contributed by atoms with Crippen LogP contribution in [0.25, 0.3) is 0 Å². The molecule has 0 saturated carbocycles. The number of rotatable bonds is 5. The molecule has 0 atom stereocenters. The molecule has 3 aromatic carbocycles. The maximum absolute atomic E-state index is 13.6. The third-order valence-corrected chi connectivity index (χ3v) is 4.36. The van der Waals surface area contributed by atoms with E-state index in [9.17, 15) is 14.0 Å². The monoisotopic (exact) mass is 409 g/mol. The predicted molar refractivity (Wildman–Crippen MR) is 112 cm³/mol. The molecule has 3 rings (SSSR count). The smallest absolute Gasteiger partial charge is 0.274 e. The fourth-order valence-corrected chi connectivity index (χ4v) is 2.63. The molecular weight excluding hydrogens is 393 g/mol. The molecule has 0 aliphatic heterocycles. The summed E-state index contributed by atoms with van der Waals surface area (Å²) in [5, 5.41) is 7.36. The zero-order valence-corrected chi connectivity index (χ0v) is 16.2. The normalized spacial score (nSPS) is 11.1. The van der Waals surface area contributed by atoms with Gasteiger partial charge in [0.1, 0.15) is 5.82 Å². The molecule has 0 fully saturated rings. The van der Waals surface area contributed by atoms with Crippen molar-refractivity contribution < 1.29 is 14.0 Å². The summed E-state index contributed by atoms with van der Waals surface area (Å²) in [5.41, 5.74) is 4.63. The molecular formula is C22H17ClFN3O2. The summed E-state index contributed by atoms with van der Waals surface area (Å²) in [4.78, 5) is 24.2. The number of hydrogen-bond acceptors (Lipinski definition) is 3. The van der Waals surface area contributed by atoms with Crippen LogP contribution in [-0.2, 0) is 0 Å². The first-order chi connectivity index (χ1) is 13.9. The average molecular weight is 410 g/mol. The predicted octanol–water partition coefficient (Wildman–Crippen LogP) is 4.89. The molecule has 0 aromatic heterocycles. The van der Waals surface area contributed by atoms with Crippen LogP contribution in [0.2, 0.25) is 5.02 Å². The van der Waals surface area contributed by atoms with E-state index in [1.54, 1.807) is 61.5 Å². The van der Waals surface area contributed by atoms with E-state index >= 15 is 0 Å². The Hall–Kier alpha value is -3.51. The quantitative estimate of drug-likeness (QED) is 0.465. The third kappa shape index (κ3) is 5.27. The molecule has 3 aromatic rings. The number of carbonyl (C=O) groups is 2. The lowest BCUT2D eigenvalue weighted by molar-refractivity contribution is 0.0950. The minimum absolute atomic E-state index is 0.0793. The Morgan fingerprint density at radius 1 is 0.862 bits per heavy atom. The summed E-state index contributed by atoms with van der Waals surface area (Å²) in [6, 6.07) is 19.2. The van der Waals surface area contributed by atoms with Gasteiger partial charge in [-0.25, -0.2) is 9.82 Å². The summed E-state index contributed by atoms with van der Waals surface area (Å²) in [6.07, 6.45) is 0. The Morgan fingerprint density at radius 3 is 2.14 bits per heavy atom. The van der Waals surface area contributed by atoms with Gasteiger partial charge in [0.2, 0.25) is 0 Å². The Kier molecular flexibility index (Phi) is 6.36. The van der Waals surface area contributed by atoms with Crippen LogP contribution < -0.4 is 10.7 Å². The van der Waals surface area contributed by atoms with Gasteiger partial charge in [-0.3, -0.25) is 9.59 Å². The highest BCUT2D eigenvalue weighted by atomic mass is 35.5. The second-order valence-corrected chi connectivity index (χ2v) is 6.59. The fraction of sp³-hybridized carbons (Fsp3) is 0.0455. The van der Waals surface area contributed by atoms with Gasteiger partial charge in [-0.1, -0.05) is 35.9 Å². The fourth-order valence-electron chi connectivity index (χ4n) is 2.50. The molecule has 2 amide bonds. The minimum atomic E-state index is -0.630. The Morgan fingerprint density at radius 2 is 1.48 bits per heavy atom. The lowest BCUT2D eigenvalue weighted by Gasteiger charge is -2.07. The van der Waals surface area contributed by atoms with E-state index in [2.05, 4.69) is 15.8 Å². The second-order valence-electron chi connectivity index (χ2n) is 6.16. The van der Waals surface area contributed by atoms with E-state index in [4.69, 9.17) is 11.6 Å². The summed E-state index contributed by atoms with van der Waals surface area (Å²) >= 11 is 5.82.